The maximum atomic E-state index is 13.6. The highest BCUT2D eigenvalue weighted by Gasteiger charge is 2.24. The lowest BCUT2D eigenvalue weighted by molar-refractivity contribution is -0.120. The molecule has 3 rings (SSSR count). The van der Waals surface area contributed by atoms with Crippen molar-refractivity contribution in [3.05, 3.63) is 70.5 Å². The van der Waals surface area contributed by atoms with E-state index in [0.29, 0.717) is 5.02 Å². The third-order valence-corrected chi connectivity index (χ3v) is 3.78. The third-order valence-electron chi connectivity index (χ3n) is 3.53. The number of hydrogen-bond donors (Lipinski definition) is 2. The molecule has 0 saturated carbocycles. The zero-order valence-corrected chi connectivity index (χ0v) is 13.2. The molecule has 122 valence electrons. The van der Waals surface area contributed by atoms with Crippen molar-refractivity contribution in [2.24, 2.45) is 4.99 Å². The smallest absolute Gasteiger partial charge is 0.260 e. The summed E-state index contributed by atoms with van der Waals surface area (Å²) in [6.07, 6.45) is 0.153. The van der Waals surface area contributed by atoms with Crippen LogP contribution < -0.4 is 10.6 Å². The van der Waals surface area contributed by atoms with Gasteiger partial charge < -0.3 is 0 Å². The van der Waals surface area contributed by atoms with Crippen molar-refractivity contribution in [3.63, 3.8) is 0 Å². The number of carbonyl (C=O) groups excluding carboxylic acids is 2. The Labute approximate surface area is 142 Å². The number of aliphatic imine (C=N–C) groups is 1. The lowest BCUT2D eigenvalue weighted by atomic mass is 10.0. The van der Waals surface area contributed by atoms with Gasteiger partial charge in [-0.15, -0.1) is 0 Å². The molecule has 7 heteroatoms. The number of guanidine groups is 1. The van der Waals surface area contributed by atoms with Crippen molar-refractivity contribution >= 4 is 29.4 Å². The first-order valence-electron chi connectivity index (χ1n) is 7.22. The summed E-state index contributed by atoms with van der Waals surface area (Å²) in [5.41, 5.74) is 0.676. The molecule has 1 aliphatic heterocycles. The molecule has 0 spiro atoms. The molecule has 0 unspecified atom stereocenters. The van der Waals surface area contributed by atoms with E-state index in [4.69, 9.17) is 11.6 Å². The second kappa shape index (κ2) is 6.80. The van der Waals surface area contributed by atoms with Crippen LogP contribution in [0.1, 0.15) is 28.4 Å². The molecule has 1 heterocycles. The van der Waals surface area contributed by atoms with E-state index in [2.05, 4.69) is 15.6 Å². The first-order chi connectivity index (χ1) is 11.5. The molecule has 24 heavy (non-hydrogen) atoms. The number of nitrogens with one attached hydrogen (secondary N) is 2. The SMILES string of the molecule is O=C1C[C@@H](c2ccc(Cl)cc2)N=C(NC(=O)c2ccccc2F)N1. The largest absolute Gasteiger partial charge is 0.296 e. The quantitative estimate of drug-likeness (QED) is 0.878. The Hall–Kier alpha value is -2.73. The van der Waals surface area contributed by atoms with Crippen LogP contribution in [0, 0.1) is 5.82 Å². The van der Waals surface area contributed by atoms with Crippen molar-refractivity contribution in [2.75, 3.05) is 0 Å². The van der Waals surface area contributed by atoms with E-state index in [-0.39, 0.29) is 23.9 Å². The summed E-state index contributed by atoms with van der Waals surface area (Å²) in [4.78, 5) is 28.3. The Bertz CT molecular complexity index is 821. The molecule has 0 aromatic heterocycles. The normalized spacial score (nSPS) is 17.0. The van der Waals surface area contributed by atoms with E-state index in [1.165, 1.54) is 18.2 Å². The number of carbonyl (C=O) groups is 2. The van der Waals surface area contributed by atoms with Crippen LogP contribution >= 0.6 is 11.6 Å². The van der Waals surface area contributed by atoms with Crippen molar-refractivity contribution in [1.82, 2.24) is 10.6 Å². The first-order valence-corrected chi connectivity index (χ1v) is 7.60. The van der Waals surface area contributed by atoms with Gasteiger partial charge in [-0.1, -0.05) is 35.9 Å². The van der Waals surface area contributed by atoms with Gasteiger partial charge in [0.05, 0.1) is 18.0 Å². The molecule has 2 aromatic rings. The molecule has 0 aliphatic carbocycles. The summed E-state index contributed by atoms with van der Waals surface area (Å²) >= 11 is 5.85. The van der Waals surface area contributed by atoms with Crippen molar-refractivity contribution in [1.29, 1.82) is 0 Å². The maximum Gasteiger partial charge on any atom is 0.260 e. The van der Waals surface area contributed by atoms with Crippen molar-refractivity contribution in [3.8, 4) is 0 Å². The summed E-state index contributed by atoms with van der Waals surface area (Å²) in [6, 6.07) is 12.1. The van der Waals surface area contributed by atoms with E-state index in [1.807, 2.05) is 0 Å². The predicted octanol–water partition coefficient (Wildman–Crippen LogP) is 2.83. The van der Waals surface area contributed by atoms with Crippen LogP contribution in [0.2, 0.25) is 5.02 Å². The molecule has 1 atom stereocenters. The van der Waals surface area contributed by atoms with Gasteiger partial charge in [-0.25, -0.2) is 9.38 Å². The highest BCUT2D eigenvalue weighted by molar-refractivity contribution is 6.30. The number of rotatable bonds is 2. The van der Waals surface area contributed by atoms with E-state index < -0.39 is 17.8 Å². The minimum Gasteiger partial charge on any atom is -0.296 e. The fourth-order valence-electron chi connectivity index (χ4n) is 2.35. The number of benzene rings is 2. The maximum absolute atomic E-state index is 13.6. The highest BCUT2D eigenvalue weighted by Crippen LogP contribution is 2.24. The number of amides is 2. The van der Waals surface area contributed by atoms with Crippen LogP contribution in [0.5, 0.6) is 0 Å². The average Bonchev–Trinajstić information content (AvgIpc) is 2.55. The molecule has 0 fully saturated rings. The Morgan fingerprint density at radius 3 is 2.62 bits per heavy atom. The minimum atomic E-state index is -0.677. The fourth-order valence-corrected chi connectivity index (χ4v) is 2.48. The van der Waals surface area contributed by atoms with Crippen molar-refractivity contribution < 1.29 is 14.0 Å². The Morgan fingerprint density at radius 1 is 1.21 bits per heavy atom. The fraction of sp³-hybridized carbons (Fsp3) is 0.118. The molecule has 2 N–H and O–H groups in total. The number of halogens is 2. The van der Waals surface area contributed by atoms with Gasteiger partial charge >= 0.3 is 0 Å². The topological polar surface area (TPSA) is 70.6 Å². The number of hydrogen-bond acceptors (Lipinski definition) is 3. The molecule has 0 bridgehead atoms. The summed E-state index contributed by atoms with van der Waals surface area (Å²) in [7, 11) is 0. The van der Waals surface area contributed by atoms with Gasteiger partial charge in [0.1, 0.15) is 5.82 Å². The molecule has 5 nitrogen and oxygen atoms in total. The first kappa shape index (κ1) is 16.1. The summed E-state index contributed by atoms with van der Waals surface area (Å²) in [6.45, 7) is 0. The molecule has 1 aliphatic rings. The van der Waals surface area contributed by atoms with Crippen molar-refractivity contribution in [2.45, 2.75) is 12.5 Å². The van der Waals surface area contributed by atoms with Crippen LogP contribution in [0.3, 0.4) is 0 Å². The summed E-state index contributed by atoms with van der Waals surface area (Å²) in [5, 5.41) is 5.49. The monoisotopic (exact) mass is 345 g/mol. The van der Waals surface area contributed by atoms with Gasteiger partial charge in [-0.05, 0) is 29.8 Å². The second-order valence-corrected chi connectivity index (χ2v) is 5.67. The zero-order chi connectivity index (χ0) is 17.1. The minimum absolute atomic E-state index is 0.000506. The average molecular weight is 346 g/mol. The summed E-state index contributed by atoms with van der Waals surface area (Å²) < 4.78 is 13.6. The Balaban J connectivity index is 1.81. The van der Waals surface area contributed by atoms with Gasteiger partial charge in [0, 0.05) is 5.02 Å². The molecule has 2 amide bonds. The van der Waals surface area contributed by atoms with Crippen LogP contribution in [0.25, 0.3) is 0 Å². The Kier molecular flexibility index (Phi) is 4.57. The second-order valence-electron chi connectivity index (χ2n) is 5.23. The van der Waals surface area contributed by atoms with Gasteiger partial charge in [0.2, 0.25) is 11.9 Å². The van der Waals surface area contributed by atoms with E-state index in [1.54, 1.807) is 30.3 Å². The third kappa shape index (κ3) is 3.60. The zero-order valence-electron chi connectivity index (χ0n) is 12.4. The van der Waals surface area contributed by atoms with E-state index in [9.17, 15) is 14.0 Å². The Morgan fingerprint density at radius 2 is 1.92 bits per heavy atom. The van der Waals surface area contributed by atoms with Gasteiger partial charge in [0.15, 0.2) is 0 Å². The standard InChI is InChI=1S/C17H13ClFN3O2/c18-11-7-5-10(6-8-11)14-9-15(23)21-17(20-14)22-16(24)12-3-1-2-4-13(12)19/h1-8,14H,9H2,(H2,20,21,22,23,24)/t14-/m0/s1. The highest BCUT2D eigenvalue weighted by atomic mass is 35.5. The van der Waals surface area contributed by atoms with Crippen LogP contribution in [-0.4, -0.2) is 17.8 Å². The van der Waals surface area contributed by atoms with E-state index in [0.717, 1.165) is 5.56 Å². The molecule has 2 aromatic carbocycles. The predicted molar refractivity (Wildman–Crippen MR) is 88.3 cm³/mol. The number of nitrogens with zero attached hydrogens (tertiary/aromatic N) is 1. The van der Waals surface area contributed by atoms with Crippen LogP contribution in [0.15, 0.2) is 53.5 Å². The van der Waals surface area contributed by atoms with Gasteiger partial charge in [-0.3, -0.25) is 20.2 Å². The lowest BCUT2D eigenvalue weighted by Gasteiger charge is -2.21. The van der Waals surface area contributed by atoms with Gasteiger partial charge in [-0.2, -0.15) is 0 Å². The summed E-state index contributed by atoms with van der Waals surface area (Å²) in [5.74, 6) is -1.61. The molecule has 0 radical (unpaired) electrons. The molecular weight excluding hydrogens is 333 g/mol. The van der Waals surface area contributed by atoms with Crippen LogP contribution in [0.4, 0.5) is 4.39 Å². The van der Waals surface area contributed by atoms with E-state index >= 15 is 0 Å². The lowest BCUT2D eigenvalue weighted by Crippen LogP contribution is -2.47. The molecule has 0 saturated heterocycles. The van der Waals surface area contributed by atoms with Gasteiger partial charge in [0.25, 0.3) is 5.91 Å². The van der Waals surface area contributed by atoms with Crippen LogP contribution in [-0.2, 0) is 4.79 Å². The molecular formula is C17H13ClFN3O2.